The number of aromatic nitrogens is 1. The van der Waals surface area contributed by atoms with Crippen LogP contribution in [0.1, 0.15) is 10.4 Å². The molecule has 0 atom stereocenters. The predicted molar refractivity (Wildman–Crippen MR) is 53.8 cm³/mol. The summed E-state index contributed by atoms with van der Waals surface area (Å²) in [5.74, 6) is 0. The number of nitrogens with zero attached hydrogens (tertiary/aromatic N) is 1. The first kappa shape index (κ1) is 8.53. The minimum atomic E-state index is 0.147. The van der Waals surface area contributed by atoms with Gasteiger partial charge in [-0.25, -0.2) is 0 Å². The standard InChI is InChI=1S/C10H11NOS/c12-8-10-9(3-6-13-10)7-11-4-1-2-5-11/h1-6,12H,7-8H2. The third kappa shape index (κ3) is 1.82. The summed E-state index contributed by atoms with van der Waals surface area (Å²) in [6, 6.07) is 6.08. The fraction of sp³-hybridized carbons (Fsp3) is 0.200. The van der Waals surface area contributed by atoms with Crippen LogP contribution in [0.4, 0.5) is 0 Å². The van der Waals surface area contributed by atoms with E-state index in [1.807, 2.05) is 29.9 Å². The average Bonchev–Trinajstić information content (AvgIpc) is 2.76. The highest BCUT2D eigenvalue weighted by atomic mass is 32.1. The molecular weight excluding hydrogens is 182 g/mol. The molecule has 2 nitrogen and oxygen atoms in total. The van der Waals surface area contributed by atoms with Gasteiger partial charge in [-0.2, -0.15) is 0 Å². The minimum absolute atomic E-state index is 0.147. The minimum Gasteiger partial charge on any atom is -0.391 e. The van der Waals surface area contributed by atoms with E-state index in [1.54, 1.807) is 11.3 Å². The monoisotopic (exact) mass is 193 g/mol. The Morgan fingerprint density at radius 2 is 2.08 bits per heavy atom. The Labute approximate surface area is 81.1 Å². The summed E-state index contributed by atoms with van der Waals surface area (Å²) >= 11 is 1.61. The SMILES string of the molecule is OCc1sccc1Cn1cccc1. The van der Waals surface area contributed by atoms with Crippen LogP contribution in [-0.2, 0) is 13.2 Å². The van der Waals surface area contributed by atoms with Crippen molar-refractivity contribution in [1.29, 1.82) is 0 Å². The number of rotatable bonds is 3. The molecule has 0 amide bonds. The van der Waals surface area contributed by atoms with E-state index >= 15 is 0 Å². The summed E-state index contributed by atoms with van der Waals surface area (Å²) in [6.07, 6.45) is 4.05. The van der Waals surface area contributed by atoms with E-state index in [2.05, 4.69) is 10.6 Å². The zero-order valence-electron chi connectivity index (χ0n) is 7.18. The van der Waals surface area contributed by atoms with Gasteiger partial charge < -0.3 is 9.67 Å². The predicted octanol–water partition coefficient (Wildman–Crippen LogP) is 2.09. The molecule has 0 bridgehead atoms. The highest BCUT2D eigenvalue weighted by Crippen LogP contribution is 2.17. The van der Waals surface area contributed by atoms with Gasteiger partial charge in [0.2, 0.25) is 0 Å². The van der Waals surface area contributed by atoms with Crippen molar-refractivity contribution in [2.75, 3.05) is 0 Å². The van der Waals surface area contributed by atoms with E-state index in [0.717, 1.165) is 11.4 Å². The second-order valence-electron chi connectivity index (χ2n) is 2.88. The molecule has 2 aromatic rings. The lowest BCUT2D eigenvalue weighted by Crippen LogP contribution is -1.97. The first-order valence-electron chi connectivity index (χ1n) is 4.17. The van der Waals surface area contributed by atoms with E-state index < -0.39 is 0 Å². The fourth-order valence-electron chi connectivity index (χ4n) is 1.32. The van der Waals surface area contributed by atoms with E-state index in [9.17, 15) is 0 Å². The Morgan fingerprint density at radius 1 is 1.31 bits per heavy atom. The maximum Gasteiger partial charge on any atom is 0.0777 e. The summed E-state index contributed by atoms with van der Waals surface area (Å²) in [7, 11) is 0. The molecular formula is C10H11NOS. The molecule has 0 aliphatic heterocycles. The molecule has 0 aliphatic carbocycles. The topological polar surface area (TPSA) is 25.2 Å². The summed E-state index contributed by atoms with van der Waals surface area (Å²) < 4.78 is 2.10. The van der Waals surface area contributed by atoms with Crippen LogP contribution in [0, 0.1) is 0 Å². The molecule has 0 aromatic carbocycles. The van der Waals surface area contributed by atoms with Crippen LogP contribution in [0.2, 0.25) is 0 Å². The van der Waals surface area contributed by atoms with Gasteiger partial charge in [0.05, 0.1) is 6.61 Å². The molecule has 2 rings (SSSR count). The van der Waals surface area contributed by atoms with Gasteiger partial charge >= 0.3 is 0 Å². The van der Waals surface area contributed by atoms with Crippen molar-refractivity contribution in [1.82, 2.24) is 4.57 Å². The average molecular weight is 193 g/mol. The Bertz CT molecular complexity index is 364. The maximum atomic E-state index is 9.04. The van der Waals surface area contributed by atoms with Crippen LogP contribution in [0.3, 0.4) is 0 Å². The van der Waals surface area contributed by atoms with Crippen LogP contribution in [-0.4, -0.2) is 9.67 Å². The molecule has 3 heteroatoms. The van der Waals surface area contributed by atoms with Crippen molar-refractivity contribution in [3.8, 4) is 0 Å². The van der Waals surface area contributed by atoms with Gasteiger partial charge in [0, 0.05) is 23.8 Å². The summed E-state index contributed by atoms with van der Waals surface area (Å²) in [4.78, 5) is 1.06. The van der Waals surface area contributed by atoms with Crippen molar-refractivity contribution < 1.29 is 5.11 Å². The van der Waals surface area contributed by atoms with Crippen molar-refractivity contribution in [2.45, 2.75) is 13.2 Å². The third-order valence-electron chi connectivity index (χ3n) is 2.00. The zero-order chi connectivity index (χ0) is 9.10. The van der Waals surface area contributed by atoms with Crippen molar-refractivity contribution in [3.63, 3.8) is 0 Å². The van der Waals surface area contributed by atoms with Gasteiger partial charge in [0.25, 0.3) is 0 Å². The Balaban J connectivity index is 2.18. The molecule has 0 unspecified atom stereocenters. The van der Waals surface area contributed by atoms with Crippen LogP contribution < -0.4 is 0 Å². The lowest BCUT2D eigenvalue weighted by molar-refractivity contribution is 0.284. The molecule has 0 spiro atoms. The molecule has 0 saturated heterocycles. The first-order chi connectivity index (χ1) is 6.40. The smallest absolute Gasteiger partial charge is 0.0777 e. The Morgan fingerprint density at radius 3 is 2.77 bits per heavy atom. The van der Waals surface area contributed by atoms with E-state index in [1.165, 1.54) is 5.56 Å². The van der Waals surface area contributed by atoms with Gasteiger partial charge in [0.15, 0.2) is 0 Å². The Hall–Kier alpha value is -1.06. The van der Waals surface area contributed by atoms with Gasteiger partial charge in [-0.3, -0.25) is 0 Å². The zero-order valence-corrected chi connectivity index (χ0v) is 8.00. The van der Waals surface area contributed by atoms with Gasteiger partial charge in [-0.15, -0.1) is 11.3 Å². The van der Waals surface area contributed by atoms with E-state index in [0.29, 0.717) is 0 Å². The largest absolute Gasteiger partial charge is 0.391 e. The maximum absolute atomic E-state index is 9.04. The lowest BCUT2D eigenvalue weighted by Gasteiger charge is -2.02. The highest BCUT2D eigenvalue weighted by Gasteiger charge is 2.02. The number of aliphatic hydroxyl groups excluding tert-OH is 1. The number of thiophene rings is 1. The van der Waals surface area contributed by atoms with E-state index in [-0.39, 0.29) is 6.61 Å². The molecule has 13 heavy (non-hydrogen) atoms. The molecule has 0 radical (unpaired) electrons. The van der Waals surface area contributed by atoms with Crippen LogP contribution in [0.5, 0.6) is 0 Å². The Kier molecular flexibility index (Phi) is 2.47. The quantitative estimate of drug-likeness (QED) is 0.793. The summed E-state index contributed by atoms with van der Waals surface area (Å²) in [5.41, 5.74) is 1.21. The number of hydrogen-bond acceptors (Lipinski definition) is 2. The van der Waals surface area contributed by atoms with Crippen molar-refractivity contribution >= 4 is 11.3 Å². The van der Waals surface area contributed by atoms with Crippen molar-refractivity contribution in [2.24, 2.45) is 0 Å². The van der Waals surface area contributed by atoms with Gasteiger partial charge in [0.1, 0.15) is 0 Å². The van der Waals surface area contributed by atoms with Crippen LogP contribution in [0.15, 0.2) is 36.0 Å². The second-order valence-corrected chi connectivity index (χ2v) is 3.88. The van der Waals surface area contributed by atoms with Crippen LogP contribution in [0.25, 0.3) is 0 Å². The highest BCUT2D eigenvalue weighted by molar-refractivity contribution is 7.10. The molecule has 0 fully saturated rings. The fourth-order valence-corrected chi connectivity index (χ4v) is 2.07. The molecule has 2 heterocycles. The molecule has 0 saturated carbocycles. The normalized spacial score (nSPS) is 10.5. The van der Waals surface area contributed by atoms with Gasteiger partial charge in [-0.05, 0) is 29.1 Å². The first-order valence-corrected chi connectivity index (χ1v) is 5.05. The summed E-state index contributed by atoms with van der Waals surface area (Å²) in [6.45, 7) is 1.00. The molecule has 1 N–H and O–H groups in total. The lowest BCUT2D eigenvalue weighted by atomic mass is 10.2. The second kappa shape index (κ2) is 3.77. The molecule has 68 valence electrons. The molecule has 0 aliphatic rings. The van der Waals surface area contributed by atoms with Crippen molar-refractivity contribution in [3.05, 3.63) is 46.4 Å². The van der Waals surface area contributed by atoms with Crippen LogP contribution >= 0.6 is 11.3 Å². The number of hydrogen-bond donors (Lipinski definition) is 1. The summed E-state index contributed by atoms with van der Waals surface area (Å²) in [5, 5.41) is 11.1. The number of aliphatic hydroxyl groups is 1. The van der Waals surface area contributed by atoms with E-state index in [4.69, 9.17) is 5.11 Å². The third-order valence-corrected chi connectivity index (χ3v) is 2.95. The molecule has 2 aromatic heterocycles. The van der Waals surface area contributed by atoms with Gasteiger partial charge in [-0.1, -0.05) is 0 Å².